The summed E-state index contributed by atoms with van der Waals surface area (Å²) >= 11 is 0. The summed E-state index contributed by atoms with van der Waals surface area (Å²) < 4.78 is 7.25. The van der Waals surface area contributed by atoms with E-state index in [1.165, 1.54) is 5.56 Å². The van der Waals surface area contributed by atoms with Gasteiger partial charge in [-0.2, -0.15) is 5.10 Å². The quantitative estimate of drug-likeness (QED) is 0.642. The van der Waals surface area contributed by atoms with Crippen molar-refractivity contribution in [1.29, 1.82) is 0 Å². The van der Waals surface area contributed by atoms with E-state index < -0.39 is 0 Å². The summed E-state index contributed by atoms with van der Waals surface area (Å²) in [7, 11) is 4.06. The van der Waals surface area contributed by atoms with Crippen molar-refractivity contribution in [1.82, 2.24) is 24.7 Å². The molecular formula is C22H26ClN5O2. The van der Waals surface area contributed by atoms with Crippen LogP contribution in [0.1, 0.15) is 27.8 Å². The van der Waals surface area contributed by atoms with Gasteiger partial charge in [0.05, 0.1) is 11.8 Å². The van der Waals surface area contributed by atoms with Crippen molar-refractivity contribution in [3.63, 3.8) is 0 Å². The van der Waals surface area contributed by atoms with Gasteiger partial charge in [0.1, 0.15) is 0 Å². The highest BCUT2D eigenvalue weighted by Gasteiger charge is 2.47. The van der Waals surface area contributed by atoms with Crippen molar-refractivity contribution in [3.05, 3.63) is 59.5 Å². The van der Waals surface area contributed by atoms with Gasteiger partial charge in [-0.05, 0) is 25.5 Å². The molecule has 2 aliphatic rings. The summed E-state index contributed by atoms with van der Waals surface area (Å²) in [6.45, 7) is 4.49. The van der Waals surface area contributed by atoms with E-state index in [0.29, 0.717) is 29.3 Å². The van der Waals surface area contributed by atoms with Crippen LogP contribution in [0.2, 0.25) is 0 Å². The van der Waals surface area contributed by atoms with Gasteiger partial charge in [0.15, 0.2) is 11.5 Å². The van der Waals surface area contributed by atoms with Crippen molar-refractivity contribution < 1.29 is 9.32 Å². The average Bonchev–Trinajstić information content (AvgIpc) is 3.47. The van der Waals surface area contributed by atoms with Gasteiger partial charge in [-0.15, -0.1) is 12.4 Å². The van der Waals surface area contributed by atoms with E-state index in [1.54, 1.807) is 16.9 Å². The number of hydrogen-bond donors (Lipinski definition) is 0. The lowest BCUT2D eigenvalue weighted by Crippen LogP contribution is -2.33. The molecule has 0 radical (unpaired) electrons. The van der Waals surface area contributed by atoms with Crippen LogP contribution in [0, 0.1) is 18.8 Å². The summed E-state index contributed by atoms with van der Waals surface area (Å²) in [5, 5.41) is 8.30. The van der Waals surface area contributed by atoms with E-state index in [2.05, 4.69) is 46.5 Å². The zero-order chi connectivity index (χ0) is 20.1. The maximum Gasteiger partial charge on any atom is 0.276 e. The van der Waals surface area contributed by atoms with Crippen LogP contribution in [-0.2, 0) is 7.05 Å². The Bertz CT molecular complexity index is 1050. The van der Waals surface area contributed by atoms with Gasteiger partial charge in [-0.25, -0.2) is 0 Å². The van der Waals surface area contributed by atoms with Crippen LogP contribution < -0.4 is 0 Å². The third-order valence-corrected chi connectivity index (χ3v) is 6.55. The van der Waals surface area contributed by atoms with Gasteiger partial charge in [0, 0.05) is 50.4 Å². The van der Waals surface area contributed by atoms with E-state index in [1.807, 2.05) is 24.9 Å². The first-order chi connectivity index (χ1) is 14.0. The van der Waals surface area contributed by atoms with Crippen molar-refractivity contribution in [2.75, 3.05) is 26.7 Å². The summed E-state index contributed by atoms with van der Waals surface area (Å²) in [5.74, 6) is 1.46. The van der Waals surface area contributed by atoms with Gasteiger partial charge in [0.25, 0.3) is 5.91 Å². The van der Waals surface area contributed by atoms with E-state index in [0.717, 1.165) is 30.9 Å². The minimum absolute atomic E-state index is 0. The zero-order valence-electron chi connectivity index (χ0n) is 17.4. The molecule has 30 heavy (non-hydrogen) atoms. The van der Waals surface area contributed by atoms with Crippen LogP contribution in [0.4, 0.5) is 0 Å². The Morgan fingerprint density at radius 2 is 1.90 bits per heavy atom. The summed E-state index contributed by atoms with van der Waals surface area (Å²) in [6.07, 6.45) is 1.74. The number of aryl methyl sites for hydroxylation is 1. The number of nitrogens with zero attached hydrogens (tertiary/aromatic N) is 5. The fourth-order valence-corrected chi connectivity index (χ4v) is 4.98. The van der Waals surface area contributed by atoms with E-state index in [-0.39, 0.29) is 18.3 Å². The molecule has 1 amide bonds. The van der Waals surface area contributed by atoms with Crippen LogP contribution in [0.15, 0.2) is 47.1 Å². The Labute approximate surface area is 182 Å². The molecule has 2 fully saturated rings. The fraction of sp³-hybridized carbons (Fsp3) is 0.409. The lowest BCUT2D eigenvalue weighted by Gasteiger charge is -2.26. The molecule has 0 aliphatic carbocycles. The first kappa shape index (κ1) is 20.6. The molecule has 2 saturated heterocycles. The van der Waals surface area contributed by atoms with Gasteiger partial charge in [0.2, 0.25) is 0 Å². The third kappa shape index (κ3) is 3.32. The molecule has 4 heterocycles. The average molecular weight is 428 g/mol. The maximum absolute atomic E-state index is 13.1. The van der Waals surface area contributed by atoms with E-state index >= 15 is 0 Å². The molecular weight excluding hydrogens is 402 g/mol. The standard InChI is InChI=1S/C22H25N5O2.ClH/c1-14-17(10-23-26(14)3)20-9-19(24-29-20)22(28)27-12-16-11-25(2)21(18(16)13-27)15-7-5-4-6-8-15;/h4-10,16,18,21H,11-13H2,1-3H3;1H/t16-,18+,21-;/m0./s1. The predicted molar refractivity (Wildman–Crippen MR) is 115 cm³/mol. The third-order valence-electron chi connectivity index (χ3n) is 6.55. The van der Waals surface area contributed by atoms with Crippen LogP contribution >= 0.6 is 12.4 Å². The van der Waals surface area contributed by atoms with Gasteiger partial charge in [-0.3, -0.25) is 14.4 Å². The number of likely N-dealkylation sites (tertiary alicyclic amines) is 2. The molecule has 5 rings (SSSR count). The predicted octanol–water partition coefficient (Wildman–Crippen LogP) is 3.18. The van der Waals surface area contributed by atoms with E-state index in [4.69, 9.17) is 4.52 Å². The topological polar surface area (TPSA) is 67.4 Å². The second-order valence-corrected chi connectivity index (χ2v) is 8.27. The Balaban J connectivity index is 0.00000218. The minimum Gasteiger partial charge on any atom is -0.355 e. The monoisotopic (exact) mass is 427 g/mol. The van der Waals surface area contributed by atoms with Crippen molar-refractivity contribution in [2.24, 2.45) is 18.9 Å². The number of benzene rings is 1. The number of halogens is 1. The van der Waals surface area contributed by atoms with Crippen molar-refractivity contribution in [2.45, 2.75) is 13.0 Å². The zero-order valence-corrected chi connectivity index (χ0v) is 18.2. The lowest BCUT2D eigenvalue weighted by atomic mass is 9.90. The van der Waals surface area contributed by atoms with Crippen LogP contribution in [-0.4, -0.2) is 57.3 Å². The molecule has 0 bridgehead atoms. The molecule has 2 aromatic heterocycles. The van der Waals surface area contributed by atoms with Crippen molar-refractivity contribution >= 4 is 18.3 Å². The number of aromatic nitrogens is 3. The Morgan fingerprint density at radius 3 is 2.60 bits per heavy atom. The summed E-state index contributed by atoms with van der Waals surface area (Å²) in [6, 6.07) is 12.7. The molecule has 3 aromatic rings. The SMILES string of the molecule is Cc1c(-c2cc(C(=O)N3C[C@@H]4CN(C)[C@@H](c5ccccc5)[C@@H]4C3)no2)cnn1C.Cl. The molecule has 1 aromatic carbocycles. The summed E-state index contributed by atoms with van der Waals surface area (Å²) in [5.41, 5.74) is 3.54. The second kappa shape index (κ2) is 7.89. The molecule has 7 nitrogen and oxygen atoms in total. The highest BCUT2D eigenvalue weighted by atomic mass is 35.5. The molecule has 8 heteroatoms. The molecule has 0 spiro atoms. The molecule has 158 valence electrons. The highest BCUT2D eigenvalue weighted by Crippen LogP contribution is 2.44. The first-order valence-electron chi connectivity index (χ1n) is 10.0. The number of amides is 1. The minimum atomic E-state index is -0.0505. The van der Waals surface area contributed by atoms with Gasteiger partial charge >= 0.3 is 0 Å². The number of hydrogen-bond acceptors (Lipinski definition) is 5. The summed E-state index contributed by atoms with van der Waals surface area (Å²) in [4.78, 5) is 17.5. The smallest absolute Gasteiger partial charge is 0.276 e. The number of fused-ring (bicyclic) bond motifs is 1. The Hall–Kier alpha value is -2.64. The molecule has 0 unspecified atom stereocenters. The molecule has 0 N–H and O–H groups in total. The first-order valence-corrected chi connectivity index (χ1v) is 10.0. The van der Waals surface area contributed by atoms with E-state index in [9.17, 15) is 4.79 Å². The van der Waals surface area contributed by atoms with Gasteiger partial charge in [-0.1, -0.05) is 35.5 Å². The number of rotatable bonds is 3. The molecule has 0 saturated carbocycles. The second-order valence-electron chi connectivity index (χ2n) is 8.27. The van der Waals surface area contributed by atoms with Crippen molar-refractivity contribution in [3.8, 4) is 11.3 Å². The maximum atomic E-state index is 13.1. The normalized spacial score (nSPS) is 23.4. The Kier molecular flexibility index (Phi) is 5.42. The molecule has 2 aliphatic heterocycles. The fourth-order valence-electron chi connectivity index (χ4n) is 4.98. The largest absolute Gasteiger partial charge is 0.355 e. The van der Waals surface area contributed by atoms with Crippen LogP contribution in [0.5, 0.6) is 0 Å². The lowest BCUT2D eigenvalue weighted by molar-refractivity contribution is 0.0757. The Morgan fingerprint density at radius 1 is 1.13 bits per heavy atom. The van der Waals surface area contributed by atoms with Gasteiger partial charge < -0.3 is 9.42 Å². The molecule has 3 atom stereocenters. The number of carbonyl (C=O) groups is 1. The number of carbonyl (C=O) groups excluding carboxylic acids is 1. The van der Waals surface area contributed by atoms with Crippen LogP contribution in [0.25, 0.3) is 11.3 Å². The van der Waals surface area contributed by atoms with Crippen LogP contribution in [0.3, 0.4) is 0 Å². The highest BCUT2D eigenvalue weighted by molar-refractivity contribution is 5.93.